The van der Waals surface area contributed by atoms with Crippen molar-refractivity contribution in [3.8, 4) is 11.8 Å². The number of urea groups is 1. The lowest BCUT2D eigenvalue weighted by Gasteiger charge is -2.09. The normalized spacial score (nSPS) is 10.8. The number of oxazole rings is 1. The van der Waals surface area contributed by atoms with Crippen molar-refractivity contribution in [3.05, 3.63) is 63.4 Å². The van der Waals surface area contributed by atoms with E-state index in [2.05, 4.69) is 15.6 Å². The number of nitrogens with zero attached hydrogens (tertiary/aromatic N) is 1. The van der Waals surface area contributed by atoms with Gasteiger partial charge in [-0.3, -0.25) is 0 Å². The molecule has 0 bridgehead atoms. The number of aromatic carboxylic acids is 2. The fourth-order valence-electron chi connectivity index (χ4n) is 3.18. The number of hydrogen-bond donors (Lipinski definition) is 4. The maximum absolute atomic E-state index is 14.1. The van der Waals surface area contributed by atoms with E-state index in [0.29, 0.717) is 11.3 Å². The first kappa shape index (κ1) is 24.4. The molecule has 2 amide bonds. The Morgan fingerprint density at radius 1 is 1.11 bits per heavy atom. The predicted octanol–water partition coefficient (Wildman–Crippen LogP) is 4.80. The van der Waals surface area contributed by atoms with Crippen LogP contribution in [-0.2, 0) is 6.61 Å². The van der Waals surface area contributed by atoms with E-state index in [1.807, 2.05) is 0 Å². The highest BCUT2D eigenvalue weighted by Crippen LogP contribution is 2.29. The zero-order valence-corrected chi connectivity index (χ0v) is 18.9. The number of methoxy groups -OCH3 is 1. The van der Waals surface area contributed by atoms with Gasteiger partial charge >= 0.3 is 24.0 Å². The number of rotatable bonds is 8. The Morgan fingerprint density at radius 3 is 2.58 bits per heavy atom. The number of benzene rings is 2. The Morgan fingerprint density at radius 2 is 1.89 bits per heavy atom. The highest BCUT2D eigenvalue weighted by Gasteiger charge is 2.24. The van der Waals surface area contributed by atoms with Gasteiger partial charge in [-0.25, -0.2) is 23.2 Å². The van der Waals surface area contributed by atoms with Crippen molar-refractivity contribution in [2.24, 2.45) is 0 Å². The summed E-state index contributed by atoms with van der Waals surface area (Å²) in [5.74, 6) is -5.06. The molecule has 0 atom stereocenters. The number of aromatic nitrogens is 1. The lowest BCUT2D eigenvalue weighted by atomic mass is 10.2. The molecule has 2 heterocycles. The molecule has 0 unspecified atom stereocenters. The Bertz CT molecular complexity index is 1500. The summed E-state index contributed by atoms with van der Waals surface area (Å²) in [7, 11) is 1.30. The fraction of sp³-hybridized carbons (Fsp3) is 0.0909. The lowest BCUT2D eigenvalue weighted by molar-refractivity contribution is 0.0657. The molecule has 0 spiro atoms. The van der Waals surface area contributed by atoms with Crippen molar-refractivity contribution in [2.75, 3.05) is 17.7 Å². The number of hydrogen-bond acceptors (Lipinski definition) is 8. The summed E-state index contributed by atoms with van der Waals surface area (Å²) in [4.78, 5) is 38.6. The number of nitrogens with one attached hydrogen (secondary N) is 2. The number of carbonyl (C=O) groups is 3. The van der Waals surface area contributed by atoms with E-state index in [-0.39, 0.29) is 39.9 Å². The molecular formula is C22H15F2N3O8S. The van der Waals surface area contributed by atoms with Crippen molar-refractivity contribution in [1.29, 1.82) is 0 Å². The van der Waals surface area contributed by atoms with Crippen LogP contribution in [0.4, 0.5) is 25.0 Å². The van der Waals surface area contributed by atoms with Crippen molar-refractivity contribution >= 4 is 51.8 Å². The minimum absolute atomic E-state index is 0.0784. The maximum atomic E-state index is 14.1. The molecule has 36 heavy (non-hydrogen) atoms. The molecule has 0 saturated heterocycles. The van der Waals surface area contributed by atoms with Crippen molar-refractivity contribution in [2.45, 2.75) is 6.61 Å². The molecule has 14 heteroatoms. The molecule has 0 saturated carbocycles. The van der Waals surface area contributed by atoms with E-state index in [4.69, 9.17) is 19.0 Å². The third kappa shape index (κ3) is 4.88. The van der Waals surface area contributed by atoms with Crippen LogP contribution in [0.25, 0.3) is 11.1 Å². The molecule has 0 aliphatic heterocycles. The first-order valence-electron chi connectivity index (χ1n) is 9.88. The third-order valence-corrected chi connectivity index (χ3v) is 5.75. The number of halogens is 2. The number of carboxylic acid groups (broad SMARTS) is 2. The predicted molar refractivity (Wildman–Crippen MR) is 122 cm³/mol. The molecule has 186 valence electrons. The van der Waals surface area contributed by atoms with Crippen LogP contribution in [0.3, 0.4) is 0 Å². The first-order chi connectivity index (χ1) is 17.2. The number of carbonyl (C=O) groups excluding carboxylic acids is 1. The van der Waals surface area contributed by atoms with Gasteiger partial charge in [0.1, 0.15) is 28.3 Å². The van der Waals surface area contributed by atoms with E-state index in [0.717, 1.165) is 6.07 Å². The highest BCUT2D eigenvalue weighted by atomic mass is 32.1. The van der Waals surface area contributed by atoms with E-state index >= 15 is 0 Å². The number of fused-ring (bicyclic) bond motifs is 1. The van der Waals surface area contributed by atoms with Gasteiger partial charge in [0.25, 0.3) is 0 Å². The molecule has 4 aromatic rings. The summed E-state index contributed by atoms with van der Waals surface area (Å²) in [6, 6.07) is 5.69. The topological polar surface area (TPSA) is 160 Å². The second kappa shape index (κ2) is 9.87. The molecule has 0 aliphatic rings. The summed E-state index contributed by atoms with van der Waals surface area (Å²) >= 11 is 0.661. The summed E-state index contributed by atoms with van der Waals surface area (Å²) in [5.41, 5.74) is -0.130. The largest absolute Gasteiger partial charge is 0.496 e. The van der Waals surface area contributed by atoms with Gasteiger partial charge in [-0.05, 0) is 30.3 Å². The molecule has 11 nitrogen and oxygen atoms in total. The lowest BCUT2D eigenvalue weighted by Crippen LogP contribution is -2.20. The van der Waals surface area contributed by atoms with E-state index < -0.39 is 46.7 Å². The average Bonchev–Trinajstić information content (AvgIpc) is 3.43. The zero-order valence-electron chi connectivity index (χ0n) is 18.1. The van der Waals surface area contributed by atoms with Crippen LogP contribution in [0, 0.1) is 11.6 Å². The Kier molecular flexibility index (Phi) is 6.69. The number of thiophene rings is 1. The molecule has 4 rings (SSSR count). The summed E-state index contributed by atoms with van der Waals surface area (Å²) < 4.78 is 43.4. The van der Waals surface area contributed by atoms with E-state index in [9.17, 15) is 28.3 Å². The van der Waals surface area contributed by atoms with Crippen molar-refractivity contribution < 1.29 is 47.3 Å². The fourth-order valence-corrected chi connectivity index (χ4v) is 4.01. The molecule has 0 radical (unpaired) electrons. The van der Waals surface area contributed by atoms with Crippen LogP contribution in [0.1, 0.15) is 25.6 Å². The van der Waals surface area contributed by atoms with Crippen LogP contribution >= 0.6 is 11.3 Å². The molecule has 2 aromatic heterocycles. The van der Waals surface area contributed by atoms with Crippen LogP contribution in [0.15, 0.2) is 40.1 Å². The zero-order chi connectivity index (χ0) is 26.0. The van der Waals surface area contributed by atoms with Crippen molar-refractivity contribution in [3.63, 3.8) is 0 Å². The van der Waals surface area contributed by atoms with Crippen LogP contribution < -0.4 is 20.1 Å². The number of amides is 2. The van der Waals surface area contributed by atoms with E-state index in [1.54, 1.807) is 0 Å². The van der Waals surface area contributed by atoms with Gasteiger partial charge < -0.3 is 34.7 Å². The molecule has 0 fully saturated rings. The smallest absolute Gasteiger partial charge is 0.394 e. The number of carboxylic acids is 2. The molecular weight excluding hydrogens is 504 g/mol. The molecule has 4 N–H and O–H groups in total. The van der Waals surface area contributed by atoms with E-state index in [1.165, 1.54) is 36.8 Å². The van der Waals surface area contributed by atoms with Gasteiger partial charge in [0.2, 0.25) is 0 Å². The molecule has 2 aromatic carbocycles. The Labute approximate surface area is 203 Å². The standard InChI is InChI=1S/C22H15F2N3O8S/c1-33-14-5-3-11(23)17(24)10(14)7-34-22-27-12-6-9(2-4-15(12)35-22)25-21(32)26-13-8-36-18(20(30)31)16(13)19(28)29/h2-6,8H,7H2,1H3,(H,28,29)(H,30,31)(H2,25,26,32). The number of ether oxygens (including phenoxy) is 2. The second-order valence-electron chi connectivity index (χ2n) is 7.04. The van der Waals surface area contributed by atoms with Crippen LogP contribution in [0.5, 0.6) is 11.8 Å². The monoisotopic (exact) mass is 519 g/mol. The maximum Gasteiger partial charge on any atom is 0.394 e. The quantitative estimate of drug-likeness (QED) is 0.256. The average molecular weight is 519 g/mol. The van der Waals surface area contributed by atoms with Gasteiger partial charge in [0.15, 0.2) is 17.2 Å². The Hall–Kier alpha value is -4.72. The first-order valence-corrected chi connectivity index (χ1v) is 10.8. The van der Waals surface area contributed by atoms with Gasteiger partial charge in [0, 0.05) is 11.1 Å². The molecule has 0 aliphatic carbocycles. The van der Waals surface area contributed by atoms with Crippen molar-refractivity contribution in [1.82, 2.24) is 4.98 Å². The Balaban J connectivity index is 1.47. The third-order valence-electron chi connectivity index (χ3n) is 4.79. The van der Waals surface area contributed by atoms with Crippen LogP contribution in [0.2, 0.25) is 0 Å². The minimum Gasteiger partial charge on any atom is -0.496 e. The van der Waals surface area contributed by atoms with Gasteiger partial charge in [-0.2, -0.15) is 4.98 Å². The summed E-state index contributed by atoms with van der Waals surface area (Å²) in [5, 5.41) is 24.3. The number of anilines is 2. The summed E-state index contributed by atoms with van der Waals surface area (Å²) in [6.45, 7) is -0.433. The van der Waals surface area contributed by atoms with Gasteiger partial charge in [0.05, 0.1) is 18.4 Å². The SMILES string of the molecule is COc1ccc(F)c(F)c1COc1nc2cc(NC(=O)Nc3csc(C(=O)O)c3C(=O)O)ccc2o1. The minimum atomic E-state index is -1.50. The van der Waals surface area contributed by atoms with Crippen LogP contribution in [-0.4, -0.2) is 40.3 Å². The van der Waals surface area contributed by atoms with Gasteiger partial charge in [-0.1, -0.05) is 0 Å². The summed E-state index contributed by atoms with van der Waals surface area (Å²) in [6.07, 6.45) is -0.247. The second-order valence-corrected chi connectivity index (χ2v) is 7.92. The van der Waals surface area contributed by atoms with Gasteiger partial charge in [-0.15, -0.1) is 11.3 Å². The highest BCUT2D eigenvalue weighted by molar-refractivity contribution is 7.13.